The lowest BCUT2D eigenvalue weighted by Gasteiger charge is -2.35. The van der Waals surface area contributed by atoms with Crippen LogP contribution < -0.4 is 10.2 Å². The highest BCUT2D eigenvalue weighted by Crippen LogP contribution is 2.31. The Labute approximate surface area is 114 Å². The van der Waals surface area contributed by atoms with Gasteiger partial charge in [-0.15, -0.1) is 0 Å². The average molecular weight is 290 g/mol. The quantitative estimate of drug-likeness (QED) is 0.890. The molecule has 0 radical (unpaired) electrons. The van der Waals surface area contributed by atoms with E-state index >= 15 is 0 Å². The number of alkyl halides is 3. The van der Waals surface area contributed by atoms with Crippen molar-refractivity contribution in [1.29, 1.82) is 0 Å². The zero-order chi connectivity index (χ0) is 14.8. The fourth-order valence-electron chi connectivity index (χ4n) is 2.33. The number of halogens is 3. The zero-order valence-electron chi connectivity index (χ0n) is 11.1. The second kappa shape index (κ2) is 5.82. The summed E-state index contributed by atoms with van der Waals surface area (Å²) >= 11 is 0. The van der Waals surface area contributed by atoms with Gasteiger partial charge in [0.15, 0.2) is 0 Å². The van der Waals surface area contributed by atoms with Crippen LogP contribution in [0.3, 0.4) is 0 Å². The third-order valence-electron chi connectivity index (χ3n) is 3.35. The van der Waals surface area contributed by atoms with Crippen molar-refractivity contribution >= 4 is 11.6 Å². The number of anilines is 2. The molecule has 0 aliphatic carbocycles. The van der Waals surface area contributed by atoms with Crippen LogP contribution >= 0.6 is 0 Å². The van der Waals surface area contributed by atoms with E-state index in [0.717, 1.165) is 19.3 Å². The van der Waals surface area contributed by atoms with Crippen molar-refractivity contribution in [3.63, 3.8) is 0 Å². The largest absolute Gasteiger partial charge is 0.451 e. The Hall–Kier alpha value is -1.57. The van der Waals surface area contributed by atoms with Crippen molar-refractivity contribution in [1.82, 2.24) is 9.97 Å². The number of hydrogen-bond acceptors (Lipinski definition) is 5. The molecule has 2 N–H and O–H groups in total. The molecule has 2 heterocycles. The molecule has 1 aromatic heterocycles. The SMILES string of the molecule is CNc1cc(N2CCCCC2CO)nc(C(F)(F)F)n1. The van der Waals surface area contributed by atoms with Gasteiger partial charge in [-0.2, -0.15) is 13.2 Å². The number of nitrogens with zero attached hydrogens (tertiary/aromatic N) is 3. The predicted octanol–water partition coefficient (Wildman–Crippen LogP) is 1.89. The van der Waals surface area contributed by atoms with Crippen LogP contribution in [0.4, 0.5) is 24.8 Å². The normalized spacial score (nSPS) is 20.1. The van der Waals surface area contributed by atoms with Crippen molar-refractivity contribution in [2.24, 2.45) is 0 Å². The predicted molar refractivity (Wildman–Crippen MR) is 68.7 cm³/mol. The smallest absolute Gasteiger partial charge is 0.394 e. The first-order chi connectivity index (χ1) is 9.45. The maximum Gasteiger partial charge on any atom is 0.451 e. The molecule has 0 bridgehead atoms. The summed E-state index contributed by atoms with van der Waals surface area (Å²) in [5.74, 6) is -0.846. The van der Waals surface area contributed by atoms with E-state index in [9.17, 15) is 18.3 Å². The minimum absolute atomic E-state index is 0.0970. The summed E-state index contributed by atoms with van der Waals surface area (Å²) < 4.78 is 38.4. The Morgan fingerprint density at radius 1 is 1.40 bits per heavy atom. The molecule has 5 nitrogen and oxygen atoms in total. The summed E-state index contributed by atoms with van der Waals surface area (Å²) in [6, 6.07) is 1.29. The second-order valence-electron chi connectivity index (χ2n) is 4.71. The van der Waals surface area contributed by atoms with Crippen LogP contribution in [0.5, 0.6) is 0 Å². The van der Waals surface area contributed by atoms with Crippen molar-refractivity contribution in [2.45, 2.75) is 31.5 Å². The van der Waals surface area contributed by atoms with Gasteiger partial charge in [-0.1, -0.05) is 0 Å². The van der Waals surface area contributed by atoms with Crippen LogP contribution in [0.25, 0.3) is 0 Å². The molecule has 1 unspecified atom stereocenters. The van der Waals surface area contributed by atoms with Gasteiger partial charge in [-0.05, 0) is 19.3 Å². The van der Waals surface area contributed by atoms with Gasteiger partial charge < -0.3 is 15.3 Å². The number of aromatic nitrogens is 2. The van der Waals surface area contributed by atoms with Crippen molar-refractivity contribution in [2.75, 3.05) is 30.4 Å². The molecule has 1 aromatic rings. The van der Waals surface area contributed by atoms with Crippen molar-refractivity contribution < 1.29 is 18.3 Å². The topological polar surface area (TPSA) is 61.3 Å². The number of nitrogens with one attached hydrogen (secondary N) is 1. The van der Waals surface area contributed by atoms with E-state index < -0.39 is 12.0 Å². The molecule has 1 atom stereocenters. The number of aliphatic hydroxyl groups is 1. The van der Waals surface area contributed by atoms with Gasteiger partial charge in [0.1, 0.15) is 11.6 Å². The summed E-state index contributed by atoms with van der Waals surface area (Å²) in [6.07, 6.45) is -2.02. The molecule has 0 amide bonds. The molecule has 8 heteroatoms. The van der Waals surface area contributed by atoms with Crippen LogP contribution in [0.2, 0.25) is 0 Å². The number of aliphatic hydroxyl groups excluding tert-OH is 1. The summed E-state index contributed by atoms with van der Waals surface area (Å²) in [5.41, 5.74) is 0. The van der Waals surface area contributed by atoms with E-state index in [1.54, 1.807) is 4.90 Å². The molecular weight excluding hydrogens is 273 g/mol. The minimum atomic E-state index is -4.59. The highest BCUT2D eigenvalue weighted by Gasteiger charge is 2.36. The number of hydrogen-bond donors (Lipinski definition) is 2. The van der Waals surface area contributed by atoms with Crippen LogP contribution in [0, 0.1) is 0 Å². The molecule has 0 spiro atoms. The number of piperidine rings is 1. The Bertz CT molecular complexity index is 467. The van der Waals surface area contributed by atoms with Gasteiger partial charge in [0.05, 0.1) is 12.6 Å². The van der Waals surface area contributed by atoms with E-state index in [1.807, 2.05) is 0 Å². The molecule has 112 valence electrons. The second-order valence-corrected chi connectivity index (χ2v) is 4.71. The molecule has 1 fully saturated rings. The summed E-state index contributed by atoms with van der Waals surface area (Å²) in [7, 11) is 1.51. The minimum Gasteiger partial charge on any atom is -0.394 e. The van der Waals surface area contributed by atoms with Crippen molar-refractivity contribution in [3.05, 3.63) is 11.9 Å². The highest BCUT2D eigenvalue weighted by molar-refractivity contribution is 5.50. The Kier molecular flexibility index (Phi) is 4.32. The van der Waals surface area contributed by atoms with E-state index in [4.69, 9.17) is 0 Å². The Morgan fingerprint density at radius 3 is 2.75 bits per heavy atom. The van der Waals surface area contributed by atoms with Crippen LogP contribution in [0.15, 0.2) is 6.07 Å². The fourth-order valence-corrected chi connectivity index (χ4v) is 2.33. The van der Waals surface area contributed by atoms with Crippen LogP contribution in [-0.2, 0) is 6.18 Å². The Balaban J connectivity index is 2.39. The van der Waals surface area contributed by atoms with Gasteiger partial charge >= 0.3 is 6.18 Å². The lowest BCUT2D eigenvalue weighted by atomic mass is 10.0. The molecule has 0 aromatic carbocycles. The van der Waals surface area contributed by atoms with E-state index in [1.165, 1.54) is 13.1 Å². The van der Waals surface area contributed by atoms with Gasteiger partial charge in [-0.25, -0.2) is 9.97 Å². The lowest BCUT2D eigenvalue weighted by molar-refractivity contribution is -0.144. The third-order valence-corrected chi connectivity index (χ3v) is 3.35. The maximum atomic E-state index is 12.8. The summed E-state index contributed by atoms with van der Waals surface area (Å²) in [4.78, 5) is 8.77. The highest BCUT2D eigenvalue weighted by atomic mass is 19.4. The zero-order valence-corrected chi connectivity index (χ0v) is 11.1. The van der Waals surface area contributed by atoms with E-state index in [-0.39, 0.29) is 24.3 Å². The van der Waals surface area contributed by atoms with E-state index in [2.05, 4.69) is 15.3 Å². The van der Waals surface area contributed by atoms with Gasteiger partial charge in [0.25, 0.3) is 0 Å². The van der Waals surface area contributed by atoms with Crippen LogP contribution in [-0.4, -0.2) is 41.3 Å². The summed E-state index contributed by atoms with van der Waals surface area (Å²) in [6.45, 7) is 0.489. The molecule has 1 aliphatic heterocycles. The molecular formula is C12H17F3N4O. The van der Waals surface area contributed by atoms with Gasteiger partial charge in [-0.3, -0.25) is 0 Å². The molecule has 0 saturated carbocycles. The average Bonchev–Trinajstić information content (AvgIpc) is 2.45. The first-order valence-corrected chi connectivity index (χ1v) is 6.47. The number of rotatable bonds is 3. The monoisotopic (exact) mass is 290 g/mol. The molecule has 20 heavy (non-hydrogen) atoms. The summed E-state index contributed by atoms with van der Waals surface area (Å²) in [5, 5.41) is 12.0. The van der Waals surface area contributed by atoms with Gasteiger partial charge in [0, 0.05) is 19.7 Å². The first-order valence-electron chi connectivity index (χ1n) is 6.47. The molecule has 1 aliphatic rings. The fraction of sp³-hybridized carbons (Fsp3) is 0.667. The Morgan fingerprint density at radius 2 is 2.15 bits per heavy atom. The van der Waals surface area contributed by atoms with Crippen LogP contribution in [0.1, 0.15) is 25.1 Å². The van der Waals surface area contributed by atoms with Gasteiger partial charge in [0.2, 0.25) is 5.82 Å². The molecule has 2 rings (SSSR count). The first kappa shape index (κ1) is 14.8. The maximum absolute atomic E-state index is 12.8. The molecule has 1 saturated heterocycles. The standard InChI is InChI=1S/C12H17F3N4O/c1-16-9-6-10(18-11(17-9)12(13,14)15)19-5-3-2-4-8(19)7-20/h6,8,20H,2-5,7H2,1H3,(H,16,17,18). The third kappa shape index (κ3) is 3.12. The van der Waals surface area contributed by atoms with E-state index in [0.29, 0.717) is 6.54 Å². The van der Waals surface area contributed by atoms with Crippen molar-refractivity contribution in [3.8, 4) is 0 Å². The lowest BCUT2D eigenvalue weighted by Crippen LogP contribution is -2.42.